The molecule has 1 aromatic heterocycles. The average Bonchev–Trinajstić information content (AvgIpc) is 2.67. The SMILES string of the molecule is CCCN=C(NN)NCCCn1nc(C)cc1C. The van der Waals surface area contributed by atoms with Gasteiger partial charge in [0, 0.05) is 25.3 Å². The smallest absolute Gasteiger partial charge is 0.205 e. The average molecular weight is 252 g/mol. The Kier molecular flexibility index (Phi) is 6.21. The maximum atomic E-state index is 5.37. The molecule has 0 aliphatic rings. The van der Waals surface area contributed by atoms with Gasteiger partial charge in [-0.1, -0.05) is 6.92 Å². The van der Waals surface area contributed by atoms with E-state index in [2.05, 4.69) is 40.7 Å². The van der Waals surface area contributed by atoms with E-state index in [1.807, 2.05) is 11.6 Å². The summed E-state index contributed by atoms with van der Waals surface area (Å²) in [7, 11) is 0. The van der Waals surface area contributed by atoms with Crippen LogP contribution in [0.5, 0.6) is 0 Å². The molecule has 0 aliphatic carbocycles. The molecule has 0 fully saturated rings. The monoisotopic (exact) mass is 252 g/mol. The number of hydrogen-bond acceptors (Lipinski definition) is 3. The van der Waals surface area contributed by atoms with Gasteiger partial charge >= 0.3 is 0 Å². The molecule has 0 spiro atoms. The molecule has 0 radical (unpaired) electrons. The molecule has 0 saturated heterocycles. The van der Waals surface area contributed by atoms with Gasteiger partial charge in [0.05, 0.1) is 5.69 Å². The third-order valence-electron chi connectivity index (χ3n) is 2.57. The summed E-state index contributed by atoms with van der Waals surface area (Å²) in [4.78, 5) is 4.27. The fourth-order valence-corrected chi connectivity index (χ4v) is 1.71. The Morgan fingerprint density at radius 2 is 2.28 bits per heavy atom. The number of hydrazine groups is 1. The fourth-order valence-electron chi connectivity index (χ4n) is 1.71. The quantitative estimate of drug-likeness (QED) is 0.229. The number of aryl methyl sites for hydroxylation is 3. The Labute approximate surface area is 109 Å². The van der Waals surface area contributed by atoms with E-state index in [4.69, 9.17) is 5.84 Å². The Hall–Kier alpha value is -1.56. The number of nitrogens with two attached hydrogens (primary N) is 1. The van der Waals surface area contributed by atoms with Crippen molar-refractivity contribution < 1.29 is 0 Å². The van der Waals surface area contributed by atoms with Gasteiger partial charge in [-0.05, 0) is 32.8 Å². The van der Waals surface area contributed by atoms with Gasteiger partial charge in [0.25, 0.3) is 0 Å². The molecular weight excluding hydrogens is 228 g/mol. The van der Waals surface area contributed by atoms with Crippen molar-refractivity contribution in [2.75, 3.05) is 13.1 Å². The predicted molar refractivity (Wildman–Crippen MR) is 74.2 cm³/mol. The van der Waals surface area contributed by atoms with Gasteiger partial charge in [-0.3, -0.25) is 15.1 Å². The maximum absolute atomic E-state index is 5.37. The summed E-state index contributed by atoms with van der Waals surface area (Å²) in [6.07, 6.45) is 1.99. The minimum absolute atomic E-state index is 0.658. The highest BCUT2D eigenvalue weighted by Crippen LogP contribution is 2.02. The summed E-state index contributed by atoms with van der Waals surface area (Å²) < 4.78 is 2.02. The van der Waals surface area contributed by atoms with Crippen molar-refractivity contribution in [3.8, 4) is 0 Å². The Balaban J connectivity index is 2.27. The highest BCUT2D eigenvalue weighted by Gasteiger charge is 2.00. The van der Waals surface area contributed by atoms with Gasteiger partial charge in [0.15, 0.2) is 0 Å². The minimum Gasteiger partial charge on any atom is -0.355 e. The van der Waals surface area contributed by atoms with Crippen LogP contribution in [0.4, 0.5) is 0 Å². The summed E-state index contributed by atoms with van der Waals surface area (Å²) in [5.41, 5.74) is 4.83. The first-order valence-corrected chi connectivity index (χ1v) is 6.43. The number of aliphatic imine (C=N–C) groups is 1. The molecule has 4 N–H and O–H groups in total. The largest absolute Gasteiger partial charge is 0.355 e. The van der Waals surface area contributed by atoms with Crippen molar-refractivity contribution in [3.05, 3.63) is 17.5 Å². The van der Waals surface area contributed by atoms with Crippen LogP contribution in [0.1, 0.15) is 31.2 Å². The molecule has 6 nitrogen and oxygen atoms in total. The zero-order valence-electron chi connectivity index (χ0n) is 11.5. The second-order valence-corrected chi connectivity index (χ2v) is 4.31. The first kappa shape index (κ1) is 14.5. The number of rotatable bonds is 6. The standard InChI is InChI=1S/C12H24N6/c1-4-6-14-12(16-13)15-7-5-8-18-11(3)9-10(2)17-18/h9H,4-8,13H2,1-3H3,(H2,14,15,16). The van der Waals surface area contributed by atoms with Crippen LogP contribution < -0.4 is 16.6 Å². The topological polar surface area (TPSA) is 80.3 Å². The van der Waals surface area contributed by atoms with E-state index in [1.54, 1.807) is 0 Å². The number of aromatic nitrogens is 2. The van der Waals surface area contributed by atoms with Crippen molar-refractivity contribution in [1.29, 1.82) is 0 Å². The van der Waals surface area contributed by atoms with E-state index in [9.17, 15) is 0 Å². The van der Waals surface area contributed by atoms with Gasteiger partial charge in [-0.2, -0.15) is 5.10 Å². The third-order valence-corrected chi connectivity index (χ3v) is 2.57. The molecule has 0 saturated carbocycles. The first-order chi connectivity index (χ1) is 8.67. The van der Waals surface area contributed by atoms with E-state index < -0.39 is 0 Å². The third kappa shape index (κ3) is 4.75. The fraction of sp³-hybridized carbons (Fsp3) is 0.667. The Morgan fingerprint density at radius 1 is 1.50 bits per heavy atom. The number of nitrogens with one attached hydrogen (secondary N) is 2. The van der Waals surface area contributed by atoms with Gasteiger partial charge in [0.1, 0.15) is 0 Å². The molecule has 1 aromatic rings. The predicted octanol–water partition coefficient (Wildman–Crippen LogP) is 0.709. The Bertz CT molecular complexity index is 382. The minimum atomic E-state index is 0.658. The second kappa shape index (κ2) is 7.71. The second-order valence-electron chi connectivity index (χ2n) is 4.31. The molecule has 0 bridgehead atoms. The van der Waals surface area contributed by atoms with E-state index in [0.29, 0.717) is 5.96 Å². The summed E-state index contributed by atoms with van der Waals surface area (Å²) in [6, 6.07) is 2.09. The molecule has 1 rings (SSSR count). The molecule has 102 valence electrons. The zero-order valence-corrected chi connectivity index (χ0v) is 11.5. The molecule has 0 aliphatic heterocycles. The van der Waals surface area contributed by atoms with E-state index in [0.717, 1.165) is 38.2 Å². The molecule has 18 heavy (non-hydrogen) atoms. The molecule has 6 heteroatoms. The van der Waals surface area contributed by atoms with Gasteiger partial charge in [-0.25, -0.2) is 5.84 Å². The van der Waals surface area contributed by atoms with Crippen molar-refractivity contribution in [3.63, 3.8) is 0 Å². The van der Waals surface area contributed by atoms with Gasteiger partial charge in [-0.15, -0.1) is 0 Å². The summed E-state index contributed by atoms with van der Waals surface area (Å²) >= 11 is 0. The molecule has 1 heterocycles. The van der Waals surface area contributed by atoms with Crippen molar-refractivity contribution in [2.24, 2.45) is 10.8 Å². The van der Waals surface area contributed by atoms with Crippen LogP contribution in [0.2, 0.25) is 0 Å². The maximum Gasteiger partial charge on any atom is 0.205 e. The summed E-state index contributed by atoms with van der Waals surface area (Å²) in [5.74, 6) is 6.03. The van der Waals surface area contributed by atoms with E-state index in [-0.39, 0.29) is 0 Å². The van der Waals surface area contributed by atoms with Gasteiger partial charge < -0.3 is 5.32 Å². The lowest BCUT2D eigenvalue weighted by atomic mass is 10.4. The summed E-state index contributed by atoms with van der Waals surface area (Å²) in [5, 5.41) is 7.59. The van der Waals surface area contributed by atoms with Crippen LogP contribution in [0.15, 0.2) is 11.1 Å². The van der Waals surface area contributed by atoms with Crippen LogP contribution in [0.25, 0.3) is 0 Å². The summed E-state index contributed by atoms with van der Waals surface area (Å²) in [6.45, 7) is 8.67. The van der Waals surface area contributed by atoms with Crippen LogP contribution in [-0.2, 0) is 6.54 Å². The molecular formula is C12H24N6. The van der Waals surface area contributed by atoms with Crippen LogP contribution in [0, 0.1) is 13.8 Å². The lowest BCUT2D eigenvalue weighted by molar-refractivity contribution is 0.555. The Morgan fingerprint density at radius 3 is 2.83 bits per heavy atom. The van der Waals surface area contributed by atoms with Crippen LogP contribution >= 0.6 is 0 Å². The first-order valence-electron chi connectivity index (χ1n) is 6.43. The normalized spacial score (nSPS) is 11.7. The van der Waals surface area contributed by atoms with Gasteiger partial charge in [0.2, 0.25) is 5.96 Å². The highest BCUT2D eigenvalue weighted by molar-refractivity contribution is 5.79. The molecule has 0 aromatic carbocycles. The van der Waals surface area contributed by atoms with Crippen molar-refractivity contribution in [1.82, 2.24) is 20.5 Å². The molecule has 0 amide bonds. The van der Waals surface area contributed by atoms with Crippen LogP contribution in [0.3, 0.4) is 0 Å². The lowest BCUT2D eigenvalue weighted by Gasteiger charge is -2.09. The highest BCUT2D eigenvalue weighted by atomic mass is 15.3. The lowest BCUT2D eigenvalue weighted by Crippen LogP contribution is -2.42. The van der Waals surface area contributed by atoms with E-state index >= 15 is 0 Å². The molecule has 0 unspecified atom stereocenters. The van der Waals surface area contributed by atoms with Crippen LogP contribution in [-0.4, -0.2) is 28.8 Å². The van der Waals surface area contributed by atoms with Crippen molar-refractivity contribution >= 4 is 5.96 Å². The van der Waals surface area contributed by atoms with E-state index in [1.165, 1.54) is 5.69 Å². The number of guanidine groups is 1. The molecule has 0 atom stereocenters. The number of hydrogen-bond donors (Lipinski definition) is 3. The zero-order chi connectivity index (χ0) is 13.4. The van der Waals surface area contributed by atoms with Crippen molar-refractivity contribution in [2.45, 2.75) is 40.2 Å². The number of nitrogens with zero attached hydrogens (tertiary/aromatic N) is 3.